The number of hydrogen-bond acceptors (Lipinski definition) is 0. The summed E-state index contributed by atoms with van der Waals surface area (Å²) in [7, 11) is 0. The lowest BCUT2D eigenvalue weighted by atomic mass is 9.74. The molecule has 1 unspecified atom stereocenters. The lowest BCUT2D eigenvalue weighted by Gasteiger charge is -2.29. The number of fused-ring (bicyclic) bond motifs is 1. The standard InChI is InChI=1S/C19H20N/c1-4-19(3,15-10-6-5-7-11-15)16-13-20-17-12-8-9-14(2)18(16)17/h5-13,20H,1,4H2,2-3H3. The first kappa shape index (κ1) is 13.0. The average Bonchev–Trinajstić information content (AvgIpc) is 2.93. The Kier molecular flexibility index (Phi) is 3.13. The molecule has 0 saturated heterocycles. The van der Waals surface area contributed by atoms with E-state index >= 15 is 0 Å². The Morgan fingerprint density at radius 3 is 2.50 bits per heavy atom. The summed E-state index contributed by atoms with van der Waals surface area (Å²) in [4.78, 5) is 3.41. The maximum absolute atomic E-state index is 4.21. The fraction of sp³-hybridized carbons (Fsp3) is 0.211. The smallest absolute Gasteiger partial charge is 0.0459 e. The molecule has 1 radical (unpaired) electrons. The molecular formula is C19H20N. The van der Waals surface area contributed by atoms with Gasteiger partial charge in [-0.25, -0.2) is 0 Å². The maximum atomic E-state index is 4.21. The number of aromatic amines is 1. The van der Waals surface area contributed by atoms with Gasteiger partial charge in [0.2, 0.25) is 0 Å². The van der Waals surface area contributed by atoms with Crippen LogP contribution >= 0.6 is 0 Å². The van der Waals surface area contributed by atoms with Gasteiger partial charge in [0.15, 0.2) is 0 Å². The highest BCUT2D eigenvalue weighted by molar-refractivity contribution is 5.88. The zero-order valence-electron chi connectivity index (χ0n) is 12.1. The lowest BCUT2D eigenvalue weighted by Crippen LogP contribution is -2.22. The van der Waals surface area contributed by atoms with Gasteiger partial charge in [0.1, 0.15) is 0 Å². The number of aryl methyl sites for hydroxylation is 1. The van der Waals surface area contributed by atoms with E-state index in [-0.39, 0.29) is 5.41 Å². The average molecular weight is 262 g/mol. The van der Waals surface area contributed by atoms with Crippen LogP contribution in [-0.4, -0.2) is 4.98 Å². The molecule has 2 aromatic carbocycles. The van der Waals surface area contributed by atoms with Crippen molar-refractivity contribution in [2.24, 2.45) is 0 Å². The van der Waals surface area contributed by atoms with Gasteiger partial charge in [-0.1, -0.05) is 56.3 Å². The minimum atomic E-state index is -0.0639. The molecule has 1 heterocycles. The fourth-order valence-corrected chi connectivity index (χ4v) is 3.04. The van der Waals surface area contributed by atoms with Crippen LogP contribution in [0.25, 0.3) is 10.9 Å². The third-order valence-corrected chi connectivity index (χ3v) is 4.42. The summed E-state index contributed by atoms with van der Waals surface area (Å²) in [5.74, 6) is 0. The van der Waals surface area contributed by atoms with Gasteiger partial charge in [-0.3, -0.25) is 0 Å². The van der Waals surface area contributed by atoms with Crippen LogP contribution in [-0.2, 0) is 5.41 Å². The van der Waals surface area contributed by atoms with Crippen LogP contribution in [0.15, 0.2) is 54.7 Å². The van der Waals surface area contributed by atoms with Crippen LogP contribution in [0.5, 0.6) is 0 Å². The Balaban J connectivity index is 2.27. The van der Waals surface area contributed by atoms with Gasteiger partial charge in [-0.15, -0.1) is 0 Å². The first-order valence-corrected chi connectivity index (χ1v) is 7.09. The maximum Gasteiger partial charge on any atom is 0.0459 e. The van der Waals surface area contributed by atoms with Crippen molar-refractivity contribution in [1.29, 1.82) is 0 Å². The van der Waals surface area contributed by atoms with E-state index in [0.717, 1.165) is 6.42 Å². The first-order valence-electron chi connectivity index (χ1n) is 7.09. The zero-order valence-corrected chi connectivity index (χ0v) is 12.1. The van der Waals surface area contributed by atoms with E-state index in [2.05, 4.69) is 80.5 Å². The number of rotatable bonds is 3. The summed E-state index contributed by atoms with van der Waals surface area (Å²) in [6.07, 6.45) is 2.98. The Bertz CT molecular complexity index is 724. The SMILES string of the molecule is [CH2]CC(C)(c1ccccc1)c1c[nH]c2cccc(C)c12. The van der Waals surface area contributed by atoms with Crippen molar-refractivity contribution in [3.8, 4) is 0 Å². The van der Waals surface area contributed by atoms with E-state index in [0.29, 0.717) is 0 Å². The summed E-state index contributed by atoms with van der Waals surface area (Å²) in [5, 5.41) is 1.34. The van der Waals surface area contributed by atoms with Crippen molar-refractivity contribution in [2.75, 3.05) is 0 Å². The van der Waals surface area contributed by atoms with Crippen LogP contribution in [0.4, 0.5) is 0 Å². The molecule has 0 aliphatic carbocycles. The van der Waals surface area contributed by atoms with Gasteiger partial charge in [-0.2, -0.15) is 0 Å². The normalized spacial score (nSPS) is 14.3. The van der Waals surface area contributed by atoms with E-state index in [1.54, 1.807) is 0 Å². The highest BCUT2D eigenvalue weighted by atomic mass is 14.7. The number of benzene rings is 2. The Hall–Kier alpha value is -2.02. The summed E-state index contributed by atoms with van der Waals surface area (Å²) < 4.78 is 0. The minimum Gasteiger partial charge on any atom is -0.361 e. The molecule has 0 bridgehead atoms. The van der Waals surface area contributed by atoms with Crippen molar-refractivity contribution in [3.05, 3.63) is 78.3 Å². The largest absolute Gasteiger partial charge is 0.361 e. The molecule has 1 N–H and O–H groups in total. The predicted molar refractivity (Wildman–Crippen MR) is 85.9 cm³/mol. The molecule has 0 aliphatic heterocycles. The summed E-state index contributed by atoms with van der Waals surface area (Å²) in [5.41, 5.74) is 5.11. The highest BCUT2D eigenvalue weighted by Crippen LogP contribution is 2.39. The molecule has 0 spiro atoms. The fourth-order valence-electron chi connectivity index (χ4n) is 3.04. The van der Waals surface area contributed by atoms with Gasteiger partial charge in [0.05, 0.1) is 0 Å². The van der Waals surface area contributed by atoms with Crippen molar-refractivity contribution < 1.29 is 0 Å². The van der Waals surface area contributed by atoms with E-state index in [1.807, 2.05) is 0 Å². The third kappa shape index (κ3) is 1.85. The number of nitrogens with one attached hydrogen (secondary N) is 1. The Labute approximate surface area is 120 Å². The molecule has 0 amide bonds. The van der Waals surface area contributed by atoms with Crippen LogP contribution in [0.3, 0.4) is 0 Å². The quantitative estimate of drug-likeness (QED) is 0.683. The molecule has 1 aromatic heterocycles. The monoisotopic (exact) mass is 262 g/mol. The second kappa shape index (κ2) is 4.82. The van der Waals surface area contributed by atoms with Crippen LogP contribution < -0.4 is 0 Å². The van der Waals surface area contributed by atoms with Crippen molar-refractivity contribution in [2.45, 2.75) is 25.7 Å². The Morgan fingerprint density at radius 2 is 1.80 bits per heavy atom. The van der Waals surface area contributed by atoms with Gasteiger partial charge in [-0.05, 0) is 36.1 Å². The highest BCUT2D eigenvalue weighted by Gasteiger charge is 2.29. The zero-order chi connectivity index (χ0) is 14.2. The third-order valence-electron chi connectivity index (χ3n) is 4.42. The van der Waals surface area contributed by atoms with E-state index in [4.69, 9.17) is 0 Å². The molecule has 0 saturated carbocycles. The van der Waals surface area contributed by atoms with Crippen molar-refractivity contribution in [1.82, 2.24) is 4.98 Å². The number of hydrogen-bond donors (Lipinski definition) is 1. The molecule has 1 nitrogen and oxygen atoms in total. The Morgan fingerprint density at radius 1 is 1.05 bits per heavy atom. The van der Waals surface area contributed by atoms with Crippen LogP contribution in [0.2, 0.25) is 0 Å². The molecule has 1 atom stereocenters. The summed E-state index contributed by atoms with van der Waals surface area (Å²) in [6, 6.07) is 17.1. The van der Waals surface area contributed by atoms with E-state index in [9.17, 15) is 0 Å². The molecule has 1 heteroatoms. The molecule has 0 aliphatic rings. The topological polar surface area (TPSA) is 15.8 Å². The van der Waals surface area contributed by atoms with Gasteiger partial charge in [0.25, 0.3) is 0 Å². The first-order chi connectivity index (χ1) is 9.66. The van der Waals surface area contributed by atoms with E-state index < -0.39 is 0 Å². The lowest BCUT2D eigenvalue weighted by molar-refractivity contribution is 0.583. The molecule has 3 rings (SSSR count). The van der Waals surface area contributed by atoms with Gasteiger partial charge < -0.3 is 4.98 Å². The van der Waals surface area contributed by atoms with Crippen LogP contribution in [0.1, 0.15) is 30.0 Å². The second-order valence-electron chi connectivity index (χ2n) is 5.65. The minimum absolute atomic E-state index is 0.0639. The van der Waals surface area contributed by atoms with Crippen LogP contribution in [0, 0.1) is 13.8 Å². The number of H-pyrrole nitrogens is 1. The predicted octanol–water partition coefficient (Wildman–Crippen LogP) is 5.01. The van der Waals surface area contributed by atoms with Crippen molar-refractivity contribution in [3.63, 3.8) is 0 Å². The molecule has 0 fully saturated rings. The van der Waals surface area contributed by atoms with Crippen molar-refractivity contribution >= 4 is 10.9 Å². The second-order valence-corrected chi connectivity index (χ2v) is 5.65. The molecular weight excluding hydrogens is 242 g/mol. The summed E-state index contributed by atoms with van der Waals surface area (Å²) in [6.45, 7) is 8.67. The number of aromatic nitrogens is 1. The molecule has 3 aromatic rings. The molecule has 101 valence electrons. The van der Waals surface area contributed by atoms with E-state index in [1.165, 1.54) is 27.6 Å². The van der Waals surface area contributed by atoms with Gasteiger partial charge in [0, 0.05) is 22.5 Å². The molecule has 20 heavy (non-hydrogen) atoms. The summed E-state index contributed by atoms with van der Waals surface area (Å²) >= 11 is 0. The van der Waals surface area contributed by atoms with Gasteiger partial charge >= 0.3 is 0 Å².